The molecule has 8 heteroatoms. The molecule has 6 nitrogen and oxygen atoms in total. The van der Waals surface area contributed by atoms with Crippen LogP contribution in [0.5, 0.6) is 0 Å². The van der Waals surface area contributed by atoms with Crippen molar-refractivity contribution >= 4 is 28.3 Å². The summed E-state index contributed by atoms with van der Waals surface area (Å²) in [6.45, 7) is 5.11. The summed E-state index contributed by atoms with van der Waals surface area (Å²) < 4.78 is 26.6. The number of carbonyl (C=O) groups is 1. The molecule has 35 heavy (non-hydrogen) atoms. The second kappa shape index (κ2) is 9.29. The summed E-state index contributed by atoms with van der Waals surface area (Å²) in [5.41, 5.74) is 2.04. The van der Waals surface area contributed by atoms with Gasteiger partial charge >= 0.3 is 6.03 Å². The number of aromatic nitrogens is 2. The minimum Gasteiger partial charge on any atom is -0.348 e. The van der Waals surface area contributed by atoms with Crippen molar-refractivity contribution in [3.63, 3.8) is 0 Å². The summed E-state index contributed by atoms with van der Waals surface area (Å²) in [4.78, 5) is 16.9. The number of hydrogen-bond acceptors (Lipinski definition) is 4. The van der Waals surface area contributed by atoms with Crippen LogP contribution in [0, 0.1) is 11.6 Å². The average molecular weight is 474 g/mol. The van der Waals surface area contributed by atoms with Crippen LogP contribution in [0.4, 0.5) is 25.1 Å². The lowest BCUT2D eigenvalue weighted by atomic mass is 10.0. The lowest BCUT2D eigenvalue weighted by molar-refractivity contribution is 0.173. The smallest absolute Gasteiger partial charge is 0.322 e. The number of nitrogens with zero attached hydrogens (tertiary/aromatic N) is 4. The Kier molecular flexibility index (Phi) is 6.03. The van der Waals surface area contributed by atoms with Crippen molar-refractivity contribution in [2.45, 2.75) is 25.9 Å². The Balaban J connectivity index is 1.41. The molecular formula is C27H25F2N5O. The number of amides is 2. The normalized spacial score (nSPS) is 18.1. The number of nitrogens with one attached hydrogen (secondary N) is 1. The molecule has 2 heterocycles. The van der Waals surface area contributed by atoms with Gasteiger partial charge in [0.1, 0.15) is 17.3 Å². The van der Waals surface area contributed by atoms with Gasteiger partial charge in [-0.25, -0.2) is 13.6 Å². The molecule has 0 aliphatic carbocycles. The molecule has 3 aromatic carbocycles. The van der Waals surface area contributed by atoms with Crippen LogP contribution in [-0.2, 0) is 0 Å². The van der Waals surface area contributed by atoms with Crippen LogP contribution in [0.1, 0.15) is 13.8 Å². The third-order valence-electron chi connectivity index (χ3n) is 6.40. The van der Waals surface area contributed by atoms with Gasteiger partial charge in [-0.15, -0.1) is 10.2 Å². The highest BCUT2D eigenvalue weighted by atomic mass is 19.1. The summed E-state index contributed by atoms with van der Waals surface area (Å²) in [6, 6.07) is 19.5. The molecule has 1 aromatic heterocycles. The Morgan fingerprint density at radius 3 is 2.14 bits per heavy atom. The minimum atomic E-state index is -0.350. The average Bonchev–Trinajstić information content (AvgIpc) is 2.86. The SMILES string of the molecule is C[C@@H]1CN(c2nnc(-c3ccc(F)cc3)c3ccccc23)[C@H](C)CN1C(=O)Nc1ccc(F)cc1. The van der Waals surface area contributed by atoms with Gasteiger partial charge in [-0.3, -0.25) is 0 Å². The van der Waals surface area contributed by atoms with Gasteiger partial charge in [0.05, 0.1) is 0 Å². The molecule has 1 N–H and O–H groups in total. The molecule has 2 atom stereocenters. The van der Waals surface area contributed by atoms with Crippen LogP contribution in [0.25, 0.3) is 22.0 Å². The molecule has 0 spiro atoms. The van der Waals surface area contributed by atoms with Crippen LogP contribution in [-0.4, -0.2) is 46.3 Å². The molecule has 2 amide bonds. The monoisotopic (exact) mass is 473 g/mol. The van der Waals surface area contributed by atoms with Gasteiger partial charge in [-0.05, 0) is 62.4 Å². The largest absolute Gasteiger partial charge is 0.348 e. The number of benzene rings is 3. The highest BCUT2D eigenvalue weighted by molar-refractivity contribution is 6.00. The third kappa shape index (κ3) is 4.51. The molecule has 0 unspecified atom stereocenters. The molecule has 5 rings (SSSR count). The fraction of sp³-hybridized carbons (Fsp3) is 0.222. The van der Waals surface area contributed by atoms with E-state index in [9.17, 15) is 13.6 Å². The Morgan fingerprint density at radius 1 is 0.829 bits per heavy atom. The van der Waals surface area contributed by atoms with Crippen molar-refractivity contribution < 1.29 is 13.6 Å². The maximum atomic E-state index is 13.4. The Labute approximate surface area is 202 Å². The molecule has 0 bridgehead atoms. The molecule has 0 saturated carbocycles. The Bertz CT molecular complexity index is 1360. The summed E-state index contributed by atoms with van der Waals surface area (Å²) in [5, 5.41) is 13.8. The van der Waals surface area contributed by atoms with E-state index in [4.69, 9.17) is 0 Å². The zero-order valence-corrected chi connectivity index (χ0v) is 19.5. The fourth-order valence-electron chi connectivity index (χ4n) is 4.56. The summed E-state index contributed by atoms with van der Waals surface area (Å²) in [6.07, 6.45) is 0. The van der Waals surface area contributed by atoms with E-state index < -0.39 is 0 Å². The number of rotatable bonds is 3. The van der Waals surface area contributed by atoms with Crippen molar-refractivity contribution in [3.8, 4) is 11.3 Å². The van der Waals surface area contributed by atoms with E-state index in [0.717, 1.165) is 22.2 Å². The first kappa shape index (κ1) is 22.7. The zero-order valence-electron chi connectivity index (χ0n) is 19.5. The van der Waals surface area contributed by atoms with E-state index in [1.807, 2.05) is 38.1 Å². The molecular weight excluding hydrogens is 448 g/mol. The lowest BCUT2D eigenvalue weighted by Gasteiger charge is -2.44. The standard InChI is InChI=1S/C27H25F2N5O/c1-17-16-34(27(35)30-22-13-11-21(29)12-14-22)18(2)15-33(17)26-24-6-4-3-5-23(24)25(31-32-26)19-7-9-20(28)10-8-19/h3-14,17-18H,15-16H2,1-2H3,(H,30,35)/t17-,18-/m1/s1. The first-order valence-electron chi connectivity index (χ1n) is 11.5. The van der Waals surface area contributed by atoms with Gasteiger partial charge in [0.25, 0.3) is 0 Å². The van der Waals surface area contributed by atoms with E-state index in [1.54, 1.807) is 29.2 Å². The first-order chi connectivity index (χ1) is 16.9. The van der Waals surface area contributed by atoms with Gasteiger partial charge < -0.3 is 15.1 Å². The van der Waals surface area contributed by atoms with Gasteiger partial charge in [0.15, 0.2) is 5.82 Å². The maximum Gasteiger partial charge on any atom is 0.322 e. The van der Waals surface area contributed by atoms with E-state index in [1.165, 1.54) is 24.3 Å². The molecule has 1 aliphatic heterocycles. The number of carbonyl (C=O) groups excluding carboxylic acids is 1. The second-order valence-corrected chi connectivity index (χ2v) is 8.86. The molecule has 0 radical (unpaired) electrons. The van der Waals surface area contributed by atoms with Crippen LogP contribution < -0.4 is 10.2 Å². The van der Waals surface area contributed by atoms with E-state index >= 15 is 0 Å². The van der Waals surface area contributed by atoms with Crippen LogP contribution >= 0.6 is 0 Å². The number of urea groups is 1. The summed E-state index contributed by atoms with van der Waals surface area (Å²) in [5.74, 6) is 0.105. The van der Waals surface area contributed by atoms with Crippen molar-refractivity contribution in [1.29, 1.82) is 0 Å². The van der Waals surface area contributed by atoms with E-state index in [0.29, 0.717) is 24.5 Å². The molecule has 4 aromatic rings. The van der Waals surface area contributed by atoms with E-state index in [-0.39, 0.29) is 29.7 Å². The summed E-state index contributed by atoms with van der Waals surface area (Å²) in [7, 11) is 0. The Morgan fingerprint density at radius 2 is 1.46 bits per heavy atom. The van der Waals surface area contributed by atoms with E-state index in [2.05, 4.69) is 20.4 Å². The van der Waals surface area contributed by atoms with Crippen molar-refractivity contribution in [1.82, 2.24) is 15.1 Å². The number of fused-ring (bicyclic) bond motifs is 1. The van der Waals surface area contributed by atoms with Crippen molar-refractivity contribution in [2.75, 3.05) is 23.3 Å². The van der Waals surface area contributed by atoms with Crippen molar-refractivity contribution in [2.24, 2.45) is 0 Å². The first-order valence-corrected chi connectivity index (χ1v) is 11.5. The lowest BCUT2D eigenvalue weighted by Crippen LogP contribution is -2.59. The third-order valence-corrected chi connectivity index (χ3v) is 6.40. The topological polar surface area (TPSA) is 61.4 Å². The van der Waals surface area contributed by atoms with Gasteiger partial charge in [0.2, 0.25) is 0 Å². The highest BCUT2D eigenvalue weighted by Crippen LogP contribution is 2.33. The number of halogens is 2. The molecule has 1 aliphatic rings. The Hall–Kier alpha value is -4.07. The van der Waals surface area contributed by atoms with Gasteiger partial charge in [-0.2, -0.15) is 0 Å². The van der Waals surface area contributed by atoms with Gasteiger partial charge in [-0.1, -0.05) is 24.3 Å². The fourth-order valence-corrected chi connectivity index (χ4v) is 4.56. The quantitative estimate of drug-likeness (QED) is 0.414. The molecule has 1 fully saturated rings. The molecule has 178 valence electrons. The van der Waals surface area contributed by atoms with Crippen molar-refractivity contribution in [3.05, 3.63) is 84.4 Å². The summed E-state index contributed by atoms with van der Waals surface area (Å²) >= 11 is 0. The minimum absolute atomic E-state index is 0.0143. The number of hydrogen-bond donors (Lipinski definition) is 1. The highest BCUT2D eigenvalue weighted by Gasteiger charge is 2.34. The second-order valence-electron chi connectivity index (χ2n) is 8.86. The number of piperazine rings is 1. The van der Waals surface area contributed by atoms with Crippen LogP contribution in [0.2, 0.25) is 0 Å². The maximum absolute atomic E-state index is 13.4. The van der Waals surface area contributed by atoms with Crippen LogP contribution in [0.15, 0.2) is 72.8 Å². The van der Waals surface area contributed by atoms with Gasteiger partial charge in [0, 0.05) is 47.2 Å². The zero-order chi connectivity index (χ0) is 24.5. The predicted octanol–water partition coefficient (Wildman–Crippen LogP) is 5.71. The number of anilines is 2. The van der Waals surface area contributed by atoms with Crippen LogP contribution in [0.3, 0.4) is 0 Å². The molecule has 1 saturated heterocycles. The predicted molar refractivity (Wildman–Crippen MR) is 133 cm³/mol.